The number of carbonyl (C=O) groups excluding carboxylic acids is 1. The van der Waals surface area contributed by atoms with E-state index >= 15 is 0 Å². The van der Waals surface area contributed by atoms with Gasteiger partial charge in [0.1, 0.15) is 5.75 Å². The van der Waals surface area contributed by atoms with Crippen molar-refractivity contribution in [2.24, 2.45) is 5.92 Å². The van der Waals surface area contributed by atoms with E-state index in [0.29, 0.717) is 32.5 Å². The third-order valence-corrected chi connectivity index (χ3v) is 7.09. The maximum atomic E-state index is 12.6. The zero-order valence-corrected chi connectivity index (χ0v) is 19.2. The molecule has 1 N–H and O–H groups in total. The molecule has 1 aliphatic rings. The molecule has 1 atom stereocenters. The van der Waals surface area contributed by atoms with Crippen molar-refractivity contribution in [1.29, 1.82) is 0 Å². The van der Waals surface area contributed by atoms with Gasteiger partial charge in [0.05, 0.1) is 11.5 Å². The van der Waals surface area contributed by atoms with Gasteiger partial charge in [0.15, 0.2) is 0 Å². The standard InChI is InChI=1S/C24H32N2O4S/c1-19-11-13-22(14-12-19)31(28,29)25-17-21-8-5-15-26(18-21)24(27)10-6-16-30-23-9-4-3-7-20(23)2/h3-4,7,9,11-14,21,25H,5-6,8,10,15-18H2,1-2H3. The van der Waals surface area contributed by atoms with Gasteiger partial charge in [-0.05, 0) is 62.8 Å². The lowest BCUT2D eigenvalue weighted by Gasteiger charge is -2.33. The minimum Gasteiger partial charge on any atom is -0.493 e. The van der Waals surface area contributed by atoms with Crippen molar-refractivity contribution in [2.75, 3.05) is 26.2 Å². The van der Waals surface area contributed by atoms with E-state index in [4.69, 9.17) is 4.74 Å². The Kier molecular flexibility index (Phi) is 8.09. The van der Waals surface area contributed by atoms with Gasteiger partial charge in [-0.3, -0.25) is 4.79 Å². The van der Waals surface area contributed by atoms with Gasteiger partial charge in [-0.25, -0.2) is 13.1 Å². The number of rotatable bonds is 9. The van der Waals surface area contributed by atoms with Gasteiger partial charge >= 0.3 is 0 Å². The molecule has 168 valence electrons. The maximum Gasteiger partial charge on any atom is 0.240 e. The second-order valence-corrected chi connectivity index (χ2v) is 10.00. The second-order valence-electron chi connectivity index (χ2n) is 8.23. The number of sulfonamides is 1. The Morgan fingerprint density at radius 3 is 2.61 bits per heavy atom. The highest BCUT2D eigenvalue weighted by atomic mass is 32.2. The summed E-state index contributed by atoms with van der Waals surface area (Å²) in [5, 5.41) is 0. The fourth-order valence-corrected chi connectivity index (χ4v) is 4.88. The number of nitrogens with one attached hydrogen (secondary N) is 1. The van der Waals surface area contributed by atoms with E-state index in [1.165, 1.54) is 0 Å². The van der Waals surface area contributed by atoms with Crippen LogP contribution in [0.1, 0.15) is 36.8 Å². The summed E-state index contributed by atoms with van der Waals surface area (Å²) in [6.07, 6.45) is 2.90. The third kappa shape index (κ3) is 6.80. The molecule has 0 spiro atoms. The molecule has 6 nitrogen and oxygen atoms in total. The van der Waals surface area contributed by atoms with E-state index in [0.717, 1.165) is 36.3 Å². The van der Waals surface area contributed by atoms with Crippen LogP contribution in [0.25, 0.3) is 0 Å². The summed E-state index contributed by atoms with van der Waals surface area (Å²) >= 11 is 0. The molecule has 1 amide bonds. The highest BCUT2D eigenvalue weighted by Crippen LogP contribution is 2.19. The van der Waals surface area contributed by atoms with Crippen molar-refractivity contribution >= 4 is 15.9 Å². The zero-order chi connectivity index (χ0) is 22.3. The monoisotopic (exact) mass is 444 g/mol. The number of piperidine rings is 1. The van der Waals surface area contributed by atoms with Gasteiger partial charge in [0.2, 0.25) is 15.9 Å². The number of aryl methyl sites for hydroxylation is 2. The summed E-state index contributed by atoms with van der Waals surface area (Å²) in [4.78, 5) is 14.7. The van der Waals surface area contributed by atoms with Crippen LogP contribution in [0.2, 0.25) is 0 Å². The Balaban J connectivity index is 1.42. The van der Waals surface area contributed by atoms with E-state index < -0.39 is 10.0 Å². The van der Waals surface area contributed by atoms with E-state index in [9.17, 15) is 13.2 Å². The number of hydrogen-bond acceptors (Lipinski definition) is 4. The Bertz CT molecular complexity index is 973. The van der Waals surface area contributed by atoms with Crippen LogP contribution in [0.3, 0.4) is 0 Å². The molecular formula is C24H32N2O4S. The normalized spacial score (nSPS) is 16.8. The van der Waals surface area contributed by atoms with Crippen molar-refractivity contribution < 1.29 is 17.9 Å². The molecule has 0 aromatic heterocycles. The molecule has 31 heavy (non-hydrogen) atoms. The summed E-state index contributed by atoms with van der Waals surface area (Å²) < 4.78 is 33.5. The molecule has 0 saturated carbocycles. The van der Waals surface area contributed by atoms with Crippen LogP contribution in [0.4, 0.5) is 0 Å². The summed E-state index contributed by atoms with van der Waals surface area (Å²) in [5.41, 5.74) is 2.10. The zero-order valence-electron chi connectivity index (χ0n) is 18.3. The Labute approximate surface area is 185 Å². The van der Waals surface area contributed by atoms with Gasteiger partial charge in [0, 0.05) is 26.1 Å². The molecule has 2 aromatic carbocycles. The Hall–Kier alpha value is -2.38. The fourth-order valence-electron chi connectivity index (χ4n) is 3.77. The SMILES string of the molecule is Cc1ccc(S(=O)(=O)NCC2CCCN(C(=O)CCCOc3ccccc3C)C2)cc1. The summed E-state index contributed by atoms with van der Waals surface area (Å²) in [6, 6.07) is 14.7. The predicted molar refractivity (Wildman–Crippen MR) is 122 cm³/mol. The Morgan fingerprint density at radius 1 is 1.13 bits per heavy atom. The lowest BCUT2D eigenvalue weighted by atomic mass is 9.98. The van der Waals surface area contributed by atoms with Crippen molar-refractivity contribution in [3.05, 3.63) is 59.7 Å². The van der Waals surface area contributed by atoms with Crippen LogP contribution in [-0.4, -0.2) is 45.5 Å². The molecule has 0 aliphatic carbocycles. The Morgan fingerprint density at radius 2 is 1.87 bits per heavy atom. The average Bonchev–Trinajstić information content (AvgIpc) is 2.77. The van der Waals surface area contributed by atoms with Crippen molar-refractivity contribution in [2.45, 2.75) is 44.4 Å². The molecule has 1 heterocycles. The first kappa shape index (κ1) is 23.3. The minimum atomic E-state index is -3.53. The quantitative estimate of drug-likeness (QED) is 0.599. The second kappa shape index (κ2) is 10.8. The molecule has 1 aliphatic heterocycles. The third-order valence-electron chi connectivity index (χ3n) is 5.65. The van der Waals surface area contributed by atoms with Crippen LogP contribution >= 0.6 is 0 Å². The smallest absolute Gasteiger partial charge is 0.240 e. The van der Waals surface area contributed by atoms with Gasteiger partial charge in [-0.2, -0.15) is 0 Å². The molecule has 1 unspecified atom stereocenters. The molecule has 3 rings (SSSR count). The summed E-state index contributed by atoms with van der Waals surface area (Å²) in [5.74, 6) is 1.09. The minimum absolute atomic E-state index is 0.111. The van der Waals surface area contributed by atoms with Crippen LogP contribution in [-0.2, 0) is 14.8 Å². The molecule has 7 heteroatoms. The number of carbonyl (C=O) groups is 1. The van der Waals surface area contributed by atoms with Gasteiger partial charge < -0.3 is 9.64 Å². The maximum absolute atomic E-state index is 12.6. The first-order valence-corrected chi connectivity index (χ1v) is 12.4. The number of para-hydroxylation sites is 1. The van der Waals surface area contributed by atoms with E-state index in [1.807, 2.05) is 43.0 Å². The summed E-state index contributed by atoms with van der Waals surface area (Å²) in [6.45, 7) is 6.10. The van der Waals surface area contributed by atoms with Crippen molar-refractivity contribution in [3.8, 4) is 5.75 Å². The van der Waals surface area contributed by atoms with Gasteiger partial charge in [-0.1, -0.05) is 35.9 Å². The molecule has 0 radical (unpaired) electrons. The number of benzene rings is 2. The lowest BCUT2D eigenvalue weighted by molar-refractivity contribution is -0.133. The van der Waals surface area contributed by atoms with Crippen molar-refractivity contribution in [3.63, 3.8) is 0 Å². The molecule has 0 bridgehead atoms. The first-order chi connectivity index (χ1) is 14.8. The lowest BCUT2D eigenvalue weighted by Crippen LogP contribution is -2.43. The highest BCUT2D eigenvalue weighted by molar-refractivity contribution is 7.89. The predicted octanol–water partition coefficient (Wildman–Crippen LogP) is 3.68. The molecule has 1 fully saturated rings. The van der Waals surface area contributed by atoms with E-state index in [1.54, 1.807) is 24.3 Å². The van der Waals surface area contributed by atoms with Gasteiger partial charge in [-0.15, -0.1) is 0 Å². The highest BCUT2D eigenvalue weighted by Gasteiger charge is 2.25. The largest absolute Gasteiger partial charge is 0.493 e. The van der Waals surface area contributed by atoms with Gasteiger partial charge in [0.25, 0.3) is 0 Å². The first-order valence-electron chi connectivity index (χ1n) is 10.9. The molecule has 2 aromatic rings. The number of amides is 1. The topological polar surface area (TPSA) is 75.7 Å². The van der Waals surface area contributed by atoms with E-state index in [-0.39, 0.29) is 16.7 Å². The number of nitrogens with zero attached hydrogens (tertiary/aromatic N) is 1. The number of ether oxygens (including phenoxy) is 1. The van der Waals surface area contributed by atoms with E-state index in [2.05, 4.69) is 4.72 Å². The average molecular weight is 445 g/mol. The summed E-state index contributed by atoms with van der Waals surface area (Å²) in [7, 11) is -3.53. The molecule has 1 saturated heterocycles. The number of hydrogen-bond donors (Lipinski definition) is 1. The molecular weight excluding hydrogens is 412 g/mol. The fraction of sp³-hybridized carbons (Fsp3) is 0.458. The van der Waals surface area contributed by atoms with Crippen molar-refractivity contribution in [1.82, 2.24) is 9.62 Å². The van der Waals surface area contributed by atoms with Crippen LogP contribution in [0.5, 0.6) is 5.75 Å². The van der Waals surface area contributed by atoms with Crippen LogP contribution in [0, 0.1) is 19.8 Å². The van der Waals surface area contributed by atoms with Crippen LogP contribution < -0.4 is 9.46 Å². The van der Waals surface area contributed by atoms with Crippen LogP contribution in [0.15, 0.2) is 53.4 Å². The number of likely N-dealkylation sites (tertiary alicyclic amines) is 1.